The number of likely N-dealkylation sites (N-methyl/N-ethyl adjacent to an activating group) is 5. The molecule has 1 aliphatic rings. The van der Waals surface area contributed by atoms with Crippen LogP contribution >= 0.6 is 0 Å². The second-order valence-corrected chi connectivity index (χ2v) is 23.6. The largest absolute Gasteiger partial charge is 0.463 e. The molecule has 1 atom stereocenters. The molecule has 2 aromatic heterocycles. The minimum absolute atomic E-state index is 0.0483. The van der Waals surface area contributed by atoms with Crippen molar-refractivity contribution in [2.45, 2.75) is 98.3 Å². The van der Waals surface area contributed by atoms with E-state index in [1.807, 2.05) is 48.5 Å². The highest BCUT2D eigenvalue weighted by atomic mass is 16.6. The number of ether oxygens (including phenoxy) is 10. The zero-order valence-electron chi connectivity index (χ0n) is 60.5. The van der Waals surface area contributed by atoms with Crippen LogP contribution in [0.3, 0.4) is 0 Å². The van der Waals surface area contributed by atoms with Crippen LogP contribution in [0.2, 0.25) is 0 Å². The topological polar surface area (TPSA) is 444 Å². The van der Waals surface area contributed by atoms with E-state index in [0.29, 0.717) is 76.6 Å². The fourth-order valence-electron chi connectivity index (χ4n) is 8.66. The molecule has 576 valence electrons. The highest BCUT2D eigenvalue weighted by molar-refractivity contribution is 6.03. The van der Waals surface area contributed by atoms with Crippen LogP contribution in [0.4, 0.5) is 35.3 Å². The van der Waals surface area contributed by atoms with Gasteiger partial charge >= 0.3 is 42.4 Å². The number of aromatic nitrogens is 6. The molecule has 2 aromatic carbocycles. The number of carbonyl (C=O) groups excluding carboxylic acids is 11. The number of hydrogen-bond acceptors (Lipinski definition) is 28. The molecule has 0 spiro atoms. The number of benzene rings is 2. The number of primary amides is 1. The molecule has 0 radical (unpaired) electrons. The molecule has 1 saturated heterocycles. The van der Waals surface area contributed by atoms with Gasteiger partial charge in [-0.05, 0) is 55.3 Å². The van der Waals surface area contributed by atoms with Crippen molar-refractivity contribution in [3.05, 3.63) is 83.4 Å². The summed E-state index contributed by atoms with van der Waals surface area (Å²) in [6.07, 6.45) is 1.89. The first kappa shape index (κ1) is 85.9. The lowest BCUT2D eigenvalue weighted by molar-refractivity contribution is -0.146. The number of amides is 9. The zero-order chi connectivity index (χ0) is 76.0. The van der Waals surface area contributed by atoms with E-state index in [-0.39, 0.29) is 166 Å². The molecule has 1 fully saturated rings. The average molecular weight is 1470 g/mol. The number of esters is 2. The van der Waals surface area contributed by atoms with Crippen molar-refractivity contribution in [1.82, 2.24) is 70.4 Å². The Balaban J connectivity index is 0.00000117. The van der Waals surface area contributed by atoms with Gasteiger partial charge in [0, 0.05) is 118 Å². The maximum atomic E-state index is 12.4. The lowest BCUT2D eigenvalue weighted by Gasteiger charge is -2.21. The van der Waals surface area contributed by atoms with Crippen LogP contribution in [0, 0.1) is 5.92 Å². The molecule has 5 rings (SSSR count). The lowest BCUT2D eigenvalue weighted by atomic mass is 10.1. The van der Waals surface area contributed by atoms with E-state index in [2.05, 4.69) is 51.9 Å². The summed E-state index contributed by atoms with van der Waals surface area (Å²) in [5.41, 5.74) is 9.05. The Morgan fingerprint density at radius 2 is 0.942 bits per heavy atom. The quantitative estimate of drug-likeness (QED) is 0.0160. The lowest BCUT2D eigenvalue weighted by Crippen LogP contribution is -2.39. The van der Waals surface area contributed by atoms with Gasteiger partial charge in [0.25, 0.3) is 0 Å². The van der Waals surface area contributed by atoms with Crippen LogP contribution < -0.4 is 32.3 Å². The second-order valence-electron chi connectivity index (χ2n) is 23.6. The summed E-state index contributed by atoms with van der Waals surface area (Å²) in [6.45, 7) is 10.0. The van der Waals surface area contributed by atoms with Crippen molar-refractivity contribution < 1.29 is 100 Å². The van der Waals surface area contributed by atoms with Gasteiger partial charge in [-0.2, -0.15) is 0 Å². The predicted molar refractivity (Wildman–Crippen MR) is 370 cm³/mol. The Labute approximate surface area is 603 Å². The van der Waals surface area contributed by atoms with Gasteiger partial charge in [0.1, 0.15) is 57.6 Å². The molecule has 4 aromatic rings. The molecule has 7 N–H and O–H groups in total. The average Bonchev–Trinajstić information content (AvgIpc) is 1.70. The Kier molecular flexibility index (Phi) is 40.7. The van der Waals surface area contributed by atoms with Crippen molar-refractivity contribution in [1.29, 1.82) is 0 Å². The molecule has 38 heteroatoms. The van der Waals surface area contributed by atoms with Gasteiger partial charge in [0.05, 0.1) is 90.8 Å². The number of nitrogens with one attached hydrogen (secondary N) is 5. The Hall–Kier alpha value is -10.5. The molecule has 0 saturated carbocycles. The van der Waals surface area contributed by atoms with E-state index in [4.69, 9.17) is 48.4 Å². The zero-order valence-corrected chi connectivity index (χ0v) is 60.5. The van der Waals surface area contributed by atoms with E-state index in [1.54, 1.807) is 63.9 Å². The van der Waals surface area contributed by atoms with Crippen LogP contribution in [0.5, 0.6) is 0 Å². The monoisotopic (exact) mass is 1470 g/mol. The molecular formula is C66H101N17O21. The third kappa shape index (κ3) is 36.9. The standard InChI is InChI=1S/C56H85N15O16.C10H16N2O5/c1-42(72)66(4)22-24-68(6)55(78)86-38-44-12-16-46(17-13-44)58-20-8-10-51(74)82-32-30-80-28-26-70-36-48(62-64-70)34-60-53(76)84-40-50(57-3)41-85-54(77)61-35-49-37-71(65-63-49)27-29-81-31-33-83-52(75)11-9-21-59-47-18-14-45(15-19-47)39-87-56(79)69(7)25-23-67(5)43(2)73;1-7-6-8(13)12(9(7)14)2-3-16-4-5-17-10(11)15/h12-19,36-37,50,57-59H,8-11,20-35,38-41H2,1-7H3,(H,60,76)(H,61,77);7H,2-6H2,1H3,(H2,11,15). The molecule has 38 nitrogen and oxygen atoms in total. The third-order valence-electron chi connectivity index (χ3n) is 15.2. The Morgan fingerprint density at radius 1 is 0.538 bits per heavy atom. The van der Waals surface area contributed by atoms with Gasteiger partial charge in [-0.3, -0.25) is 33.7 Å². The molecule has 1 unspecified atom stereocenters. The number of imide groups is 1. The first-order valence-corrected chi connectivity index (χ1v) is 33.8. The summed E-state index contributed by atoms with van der Waals surface area (Å²) in [6, 6.07) is 14.3. The number of anilines is 2. The van der Waals surface area contributed by atoms with E-state index in [9.17, 15) is 52.7 Å². The molecule has 0 bridgehead atoms. The van der Waals surface area contributed by atoms with Gasteiger partial charge in [-0.15, -0.1) is 10.2 Å². The molecule has 104 heavy (non-hydrogen) atoms. The fourth-order valence-corrected chi connectivity index (χ4v) is 8.66. The maximum Gasteiger partial charge on any atom is 0.409 e. The SMILES string of the molecule is CC1CC(=O)N(CCOCCOC(N)=O)C1=O.CNC(COC(=O)NCc1cn(CCOCCOC(=O)CCCNc2ccc(COC(=O)N(C)CCN(C)C(C)=O)cc2)nn1)COC(=O)NCc1cn(CCOCCOC(=O)CCCNc2ccc(COC(=O)N(C)CCN(C)C(C)=O)cc2)nn1. The van der Waals surface area contributed by atoms with Crippen LogP contribution in [0.1, 0.15) is 75.4 Å². The third-order valence-corrected chi connectivity index (χ3v) is 15.2. The number of hydrogen-bond donors (Lipinski definition) is 6. The smallest absolute Gasteiger partial charge is 0.409 e. The number of nitrogens with two attached hydrogens (primary N) is 1. The fraction of sp³-hybridized carbons (Fsp3) is 0.591. The summed E-state index contributed by atoms with van der Waals surface area (Å²) in [5, 5.41) is 30.8. The summed E-state index contributed by atoms with van der Waals surface area (Å²) < 4.78 is 55.6. The van der Waals surface area contributed by atoms with Crippen molar-refractivity contribution in [3.63, 3.8) is 0 Å². The van der Waals surface area contributed by atoms with Crippen molar-refractivity contribution in [2.24, 2.45) is 11.7 Å². The molecule has 0 aliphatic carbocycles. The first-order valence-electron chi connectivity index (χ1n) is 33.8. The van der Waals surface area contributed by atoms with Crippen LogP contribution in [0.15, 0.2) is 60.9 Å². The number of likely N-dealkylation sites (tertiary alicyclic amines) is 1. The van der Waals surface area contributed by atoms with Crippen molar-refractivity contribution >= 4 is 77.4 Å². The van der Waals surface area contributed by atoms with Crippen molar-refractivity contribution in [2.75, 3.05) is 164 Å². The molecule has 9 amide bonds. The van der Waals surface area contributed by atoms with Crippen LogP contribution in [-0.4, -0.2) is 280 Å². The highest BCUT2D eigenvalue weighted by Crippen LogP contribution is 2.18. The number of alkyl carbamates (subject to hydrolysis) is 2. The second kappa shape index (κ2) is 49.2. The minimum atomic E-state index is -0.854. The van der Waals surface area contributed by atoms with E-state index in [1.165, 1.54) is 38.3 Å². The van der Waals surface area contributed by atoms with Crippen molar-refractivity contribution in [3.8, 4) is 0 Å². The maximum absolute atomic E-state index is 12.4. The predicted octanol–water partition coefficient (Wildman–Crippen LogP) is 2.10. The number of rotatable bonds is 47. The van der Waals surface area contributed by atoms with E-state index < -0.39 is 36.5 Å². The van der Waals surface area contributed by atoms with E-state index >= 15 is 0 Å². The first-order chi connectivity index (χ1) is 49.9. The number of carbonyl (C=O) groups is 11. The normalized spacial score (nSPS) is 12.3. The van der Waals surface area contributed by atoms with Crippen LogP contribution in [0.25, 0.3) is 0 Å². The van der Waals surface area contributed by atoms with Gasteiger partial charge in [-0.1, -0.05) is 41.6 Å². The summed E-state index contributed by atoms with van der Waals surface area (Å²) in [5.74, 6) is -1.40. The molecular weight excluding hydrogens is 1370 g/mol. The molecule has 3 heterocycles. The van der Waals surface area contributed by atoms with E-state index in [0.717, 1.165) is 22.5 Å². The summed E-state index contributed by atoms with van der Waals surface area (Å²) in [4.78, 5) is 137. The van der Waals surface area contributed by atoms with Gasteiger partial charge in [-0.25, -0.2) is 33.3 Å². The summed E-state index contributed by atoms with van der Waals surface area (Å²) >= 11 is 0. The summed E-state index contributed by atoms with van der Waals surface area (Å²) in [7, 11) is 8.20. The number of nitrogens with zero attached hydrogens (tertiary/aromatic N) is 11. The molecule has 1 aliphatic heterocycles. The van der Waals surface area contributed by atoms with Crippen LogP contribution in [-0.2, 0) is 116 Å². The highest BCUT2D eigenvalue weighted by Gasteiger charge is 2.35. The Bertz CT molecular complexity index is 3110. The Morgan fingerprint density at radius 3 is 1.33 bits per heavy atom. The minimum Gasteiger partial charge on any atom is -0.463 e. The van der Waals surface area contributed by atoms with Gasteiger partial charge < -0.3 is 99.3 Å². The van der Waals surface area contributed by atoms with Gasteiger partial charge in [0.15, 0.2) is 0 Å². The van der Waals surface area contributed by atoms with Gasteiger partial charge in [0.2, 0.25) is 23.6 Å².